The first-order chi connectivity index (χ1) is 14.0. The van der Waals surface area contributed by atoms with Gasteiger partial charge < -0.3 is 9.32 Å². The number of hydrogen-bond donors (Lipinski definition) is 2. The number of nitrogens with zero attached hydrogens (tertiary/aromatic N) is 3. The van der Waals surface area contributed by atoms with Crippen LogP contribution >= 0.6 is 0 Å². The third-order valence-electron chi connectivity index (χ3n) is 4.75. The van der Waals surface area contributed by atoms with Gasteiger partial charge >= 0.3 is 0 Å². The Morgan fingerprint density at radius 3 is 2.79 bits per heavy atom. The lowest BCUT2D eigenvalue weighted by Gasteiger charge is -2.14. The predicted molar refractivity (Wildman–Crippen MR) is 105 cm³/mol. The van der Waals surface area contributed by atoms with Gasteiger partial charge in [-0.3, -0.25) is 14.9 Å². The highest BCUT2D eigenvalue weighted by Gasteiger charge is 2.26. The van der Waals surface area contributed by atoms with Gasteiger partial charge in [-0.15, -0.1) is 0 Å². The molecule has 10 heteroatoms. The van der Waals surface area contributed by atoms with Gasteiger partial charge in [0.15, 0.2) is 5.76 Å². The lowest BCUT2D eigenvalue weighted by atomic mass is 10.2. The average molecular weight is 415 g/mol. The summed E-state index contributed by atoms with van der Waals surface area (Å²) < 4.78 is 33.1. The van der Waals surface area contributed by atoms with Crippen molar-refractivity contribution >= 4 is 15.9 Å². The molecule has 4 heterocycles. The van der Waals surface area contributed by atoms with E-state index in [2.05, 4.69) is 19.9 Å². The van der Waals surface area contributed by atoms with Crippen molar-refractivity contribution in [1.29, 1.82) is 0 Å². The number of carbonyl (C=O) groups excluding carboxylic acids is 1. The van der Waals surface area contributed by atoms with Gasteiger partial charge in [-0.25, -0.2) is 13.1 Å². The van der Waals surface area contributed by atoms with Crippen molar-refractivity contribution in [2.24, 2.45) is 0 Å². The number of sulfonamides is 1. The number of hydrogen-bond acceptors (Lipinski definition) is 6. The molecule has 1 amide bonds. The molecule has 0 atom stereocenters. The molecule has 1 saturated heterocycles. The molecular weight excluding hydrogens is 394 g/mol. The zero-order valence-electron chi connectivity index (χ0n) is 15.7. The van der Waals surface area contributed by atoms with Crippen LogP contribution in [-0.2, 0) is 16.4 Å². The topological polar surface area (TPSA) is 121 Å². The molecular formula is C19H21N5O4S. The molecule has 0 saturated carbocycles. The van der Waals surface area contributed by atoms with Crippen LogP contribution in [0.3, 0.4) is 0 Å². The summed E-state index contributed by atoms with van der Waals surface area (Å²) in [5.74, 6) is 0.107. The minimum atomic E-state index is -3.82. The minimum Gasteiger partial charge on any atom is -0.442 e. The zero-order chi connectivity index (χ0) is 20.3. The van der Waals surface area contributed by atoms with Crippen molar-refractivity contribution in [1.82, 2.24) is 24.8 Å². The molecule has 0 spiro atoms. The molecule has 1 aliphatic rings. The first kappa shape index (κ1) is 19.3. The maximum Gasteiger partial charge on any atom is 0.273 e. The van der Waals surface area contributed by atoms with Crippen molar-refractivity contribution < 1.29 is 17.6 Å². The average Bonchev–Trinajstić information content (AvgIpc) is 3.49. The quantitative estimate of drug-likeness (QED) is 0.607. The Labute approximate surface area is 168 Å². The van der Waals surface area contributed by atoms with Gasteiger partial charge in [-0.1, -0.05) is 6.07 Å². The Hall–Kier alpha value is -2.98. The second kappa shape index (κ2) is 8.18. The molecule has 3 aromatic rings. The van der Waals surface area contributed by atoms with E-state index in [1.807, 2.05) is 12.1 Å². The van der Waals surface area contributed by atoms with Crippen molar-refractivity contribution in [3.05, 3.63) is 54.0 Å². The van der Waals surface area contributed by atoms with E-state index in [0.717, 1.165) is 18.5 Å². The summed E-state index contributed by atoms with van der Waals surface area (Å²) in [6.07, 6.45) is 5.52. The third-order valence-corrected chi connectivity index (χ3v) is 6.09. The molecule has 0 aliphatic carbocycles. The summed E-state index contributed by atoms with van der Waals surface area (Å²) in [7, 11) is -3.82. The van der Waals surface area contributed by atoms with E-state index in [0.29, 0.717) is 30.8 Å². The lowest BCUT2D eigenvalue weighted by Crippen LogP contribution is -2.27. The van der Waals surface area contributed by atoms with Crippen molar-refractivity contribution in [2.75, 3.05) is 19.6 Å². The molecule has 0 aromatic carbocycles. The summed E-state index contributed by atoms with van der Waals surface area (Å²) in [6, 6.07) is 8.36. The molecule has 2 N–H and O–H groups in total. The van der Waals surface area contributed by atoms with E-state index in [4.69, 9.17) is 4.42 Å². The van der Waals surface area contributed by atoms with E-state index in [1.165, 1.54) is 18.3 Å². The smallest absolute Gasteiger partial charge is 0.273 e. The lowest BCUT2D eigenvalue weighted by molar-refractivity contribution is 0.0793. The van der Waals surface area contributed by atoms with Gasteiger partial charge in [0, 0.05) is 37.9 Å². The summed E-state index contributed by atoms with van der Waals surface area (Å²) >= 11 is 0. The predicted octanol–water partition coefficient (Wildman–Crippen LogP) is 1.82. The van der Waals surface area contributed by atoms with E-state index in [1.54, 1.807) is 17.2 Å². The van der Waals surface area contributed by atoms with Crippen LogP contribution in [0.2, 0.25) is 0 Å². The molecule has 9 nitrogen and oxygen atoms in total. The molecule has 1 aliphatic heterocycles. The van der Waals surface area contributed by atoms with Gasteiger partial charge in [-0.05, 0) is 37.1 Å². The Balaban J connectivity index is 1.47. The standard InChI is InChI=1S/C19H21N5O4S/c25-19(24-11-3-4-12-24)15-13-21-23-18(15)16-6-7-17(28-16)29(26,27)22-10-8-14-5-1-2-9-20-14/h1-2,5-7,9,13,22H,3-4,8,10-12H2,(H,21,23). The van der Waals surface area contributed by atoms with Crippen LogP contribution in [0.25, 0.3) is 11.5 Å². The number of pyridine rings is 1. The largest absolute Gasteiger partial charge is 0.442 e. The normalized spacial score (nSPS) is 14.4. The SMILES string of the molecule is O=C(c1cn[nH]c1-c1ccc(S(=O)(=O)NCCc2ccccn2)o1)N1CCCC1. The minimum absolute atomic E-state index is 0.138. The number of rotatable bonds is 7. The molecule has 0 bridgehead atoms. The monoisotopic (exact) mass is 415 g/mol. The molecule has 4 rings (SSSR count). The van der Waals surface area contributed by atoms with Gasteiger partial charge in [0.1, 0.15) is 5.69 Å². The highest BCUT2D eigenvalue weighted by molar-refractivity contribution is 7.89. The number of amides is 1. The van der Waals surface area contributed by atoms with Crippen LogP contribution in [-0.4, -0.2) is 54.0 Å². The van der Waals surface area contributed by atoms with Gasteiger partial charge in [0.2, 0.25) is 5.09 Å². The second-order valence-electron chi connectivity index (χ2n) is 6.75. The summed E-state index contributed by atoms with van der Waals surface area (Å²) in [5, 5.41) is 6.46. The highest BCUT2D eigenvalue weighted by Crippen LogP contribution is 2.27. The molecule has 0 unspecified atom stereocenters. The first-order valence-electron chi connectivity index (χ1n) is 9.37. The van der Waals surface area contributed by atoms with E-state index in [-0.39, 0.29) is 23.3 Å². The van der Waals surface area contributed by atoms with Crippen molar-refractivity contribution in [3.8, 4) is 11.5 Å². The number of H-pyrrole nitrogens is 1. The maximum atomic E-state index is 12.7. The molecule has 29 heavy (non-hydrogen) atoms. The van der Waals surface area contributed by atoms with Crippen LogP contribution in [0.15, 0.2) is 52.2 Å². The Morgan fingerprint density at radius 2 is 2.03 bits per heavy atom. The Kier molecular flexibility index (Phi) is 5.45. The molecule has 3 aromatic heterocycles. The van der Waals surface area contributed by atoms with Gasteiger partial charge in [0.25, 0.3) is 15.9 Å². The summed E-state index contributed by atoms with van der Waals surface area (Å²) in [4.78, 5) is 18.6. The third kappa shape index (κ3) is 4.22. The summed E-state index contributed by atoms with van der Waals surface area (Å²) in [6.45, 7) is 1.61. The fourth-order valence-electron chi connectivity index (χ4n) is 3.26. The molecule has 152 valence electrons. The van der Waals surface area contributed by atoms with Crippen LogP contribution < -0.4 is 4.72 Å². The number of aromatic nitrogens is 3. The number of aromatic amines is 1. The van der Waals surface area contributed by atoms with Gasteiger partial charge in [-0.2, -0.15) is 5.10 Å². The maximum absolute atomic E-state index is 12.7. The highest BCUT2D eigenvalue weighted by atomic mass is 32.2. The molecule has 0 radical (unpaired) electrons. The molecule has 1 fully saturated rings. The number of furan rings is 1. The van der Waals surface area contributed by atoms with Crippen LogP contribution in [0.5, 0.6) is 0 Å². The van der Waals surface area contributed by atoms with Crippen LogP contribution in [0.1, 0.15) is 28.9 Å². The second-order valence-corrected chi connectivity index (χ2v) is 8.44. The van der Waals surface area contributed by atoms with E-state index >= 15 is 0 Å². The van der Waals surface area contributed by atoms with E-state index < -0.39 is 10.0 Å². The zero-order valence-corrected chi connectivity index (χ0v) is 16.5. The van der Waals surface area contributed by atoms with Crippen molar-refractivity contribution in [3.63, 3.8) is 0 Å². The number of likely N-dealkylation sites (tertiary alicyclic amines) is 1. The van der Waals surface area contributed by atoms with E-state index in [9.17, 15) is 13.2 Å². The number of nitrogens with one attached hydrogen (secondary N) is 2. The van der Waals surface area contributed by atoms with Gasteiger partial charge in [0.05, 0.1) is 11.8 Å². The Morgan fingerprint density at radius 1 is 1.21 bits per heavy atom. The first-order valence-corrected chi connectivity index (χ1v) is 10.9. The summed E-state index contributed by atoms with van der Waals surface area (Å²) in [5.41, 5.74) is 1.53. The van der Waals surface area contributed by atoms with Crippen molar-refractivity contribution in [2.45, 2.75) is 24.4 Å². The fraction of sp³-hybridized carbons (Fsp3) is 0.316. The Bertz CT molecular complexity index is 1080. The van der Waals surface area contributed by atoms with Crippen LogP contribution in [0, 0.1) is 0 Å². The van der Waals surface area contributed by atoms with Crippen LogP contribution in [0.4, 0.5) is 0 Å². The number of carbonyl (C=O) groups is 1. The fourth-order valence-corrected chi connectivity index (χ4v) is 4.22.